The molecule has 0 unspecified atom stereocenters. The maximum absolute atomic E-state index is 11.7. The fourth-order valence-corrected chi connectivity index (χ4v) is 2.99. The summed E-state index contributed by atoms with van der Waals surface area (Å²) < 4.78 is 5.51. The number of amides is 1. The summed E-state index contributed by atoms with van der Waals surface area (Å²) in [4.78, 5) is 12.7. The summed E-state index contributed by atoms with van der Waals surface area (Å²) in [5.74, 6) is 0.406. The molecule has 4 nitrogen and oxygen atoms in total. The lowest BCUT2D eigenvalue weighted by molar-refractivity contribution is -0.121. The Hall–Kier alpha value is -1.56. The van der Waals surface area contributed by atoms with E-state index in [1.54, 1.807) is 35.8 Å². The maximum atomic E-state index is 11.7. The molecule has 0 fully saturated rings. The van der Waals surface area contributed by atoms with Crippen molar-refractivity contribution in [3.05, 3.63) is 50.1 Å². The molecule has 0 spiro atoms. The lowest BCUT2D eigenvalue weighted by Crippen LogP contribution is -2.18. The summed E-state index contributed by atoms with van der Waals surface area (Å²) in [6.45, 7) is 2.39. The van der Waals surface area contributed by atoms with Crippen LogP contribution in [0, 0.1) is 6.92 Å². The predicted octanol–water partition coefficient (Wildman–Crippen LogP) is 4.67. The molecule has 0 aliphatic heterocycles. The summed E-state index contributed by atoms with van der Waals surface area (Å²) in [6, 6.07) is 7.04. The topological polar surface area (TPSA) is 50.7 Å². The zero-order chi connectivity index (χ0) is 16.7. The van der Waals surface area contributed by atoms with Crippen LogP contribution in [0.4, 0.5) is 0 Å². The zero-order valence-corrected chi connectivity index (χ0v) is 14.8. The Bertz CT molecular complexity index is 701. The second kappa shape index (κ2) is 8.91. The molecule has 122 valence electrons. The Morgan fingerprint density at radius 1 is 1.39 bits per heavy atom. The van der Waals surface area contributed by atoms with Crippen LogP contribution in [0.3, 0.4) is 0 Å². The molecule has 7 heteroatoms. The number of carbonyl (C=O) groups is 1. The number of carbonyl (C=O) groups excluding carboxylic acids is 1. The van der Waals surface area contributed by atoms with Gasteiger partial charge in [-0.25, -0.2) is 5.43 Å². The highest BCUT2D eigenvalue weighted by atomic mass is 35.5. The second-order valence-electron chi connectivity index (χ2n) is 4.79. The van der Waals surface area contributed by atoms with Gasteiger partial charge < -0.3 is 4.74 Å². The Balaban J connectivity index is 1.67. The normalized spacial score (nSPS) is 10.9. The van der Waals surface area contributed by atoms with Crippen molar-refractivity contribution in [2.24, 2.45) is 5.10 Å². The summed E-state index contributed by atoms with van der Waals surface area (Å²) in [5, 5.41) is 6.94. The van der Waals surface area contributed by atoms with E-state index >= 15 is 0 Å². The van der Waals surface area contributed by atoms with Crippen LogP contribution in [0.1, 0.15) is 23.3 Å². The molecule has 2 rings (SSSR count). The minimum Gasteiger partial charge on any atom is -0.492 e. The van der Waals surface area contributed by atoms with Crippen LogP contribution in [0.5, 0.6) is 5.75 Å². The van der Waals surface area contributed by atoms with Crippen LogP contribution >= 0.6 is 34.5 Å². The number of hydrazone groups is 1. The predicted molar refractivity (Wildman–Crippen MR) is 96.0 cm³/mol. The quantitative estimate of drug-likeness (QED) is 0.437. The van der Waals surface area contributed by atoms with Crippen LogP contribution < -0.4 is 10.2 Å². The minimum absolute atomic E-state index is 0.152. The van der Waals surface area contributed by atoms with Gasteiger partial charge in [-0.15, -0.1) is 11.3 Å². The fraction of sp³-hybridized carbons (Fsp3) is 0.250. The second-order valence-corrected chi connectivity index (χ2v) is 6.58. The van der Waals surface area contributed by atoms with Crippen molar-refractivity contribution in [2.75, 3.05) is 6.61 Å². The van der Waals surface area contributed by atoms with Gasteiger partial charge in [-0.1, -0.05) is 23.2 Å². The number of nitrogens with zero attached hydrogens (tertiary/aromatic N) is 1. The first-order valence-corrected chi connectivity index (χ1v) is 8.63. The van der Waals surface area contributed by atoms with Crippen LogP contribution in [0.25, 0.3) is 0 Å². The van der Waals surface area contributed by atoms with Crippen molar-refractivity contribution in [3.8, 4) is 5.75 Å². The largest absolute Gasteiger partial charge is 0.492 e. The molecule has 0 atom stereocenters. The molecule has 1 aromatic heterocycles. The highest BCUT2D eigenvalue weighted by Crippen LogP contribution is 2.27. The molecule has 0 aliphatic rings. The molecule has 0 saturated heterocycles. The maximum Gasteiger partial charge on any atom is 0.240 e. The fourth-order valence-electron chi connectivity index (χ4n) is 1.74. The lowest BCUT2D eigenvalue weighted by Gasteiger charge is -2.07. The van der Waals surface area contributed by atoms with Crippen molar-refractivity contribution >= 4 is 46.7 Å². The first-order chi connectivity index (χ1) is 11.1. The van der Waals surface area contributed by atoms with Crippen molar-refractivity contribution in [1.82, 2.24) is 5.43 Å². The molecule has 1 amide bonds. The average Bonchev–Trinajstić information content (AvgIpc) is 2.91. The summed E-state index contributed by atoms with van der Waals surface area (Å²) in [7, 11) is 0. The molecule has 0 aliphatic carbocycles. The van der Waals surface area contributed by atoms with E-state index in [-0.39, 0.29) is 5.91 Å². The van der Waals surface area contributed by atoms with Crippen LogP contribution in [0.2, 0.25) is 10.0 Å². The number of halogens is 2. The van der Waals surface area contributed by atoms with Gasteiger partial charge >= 0.3 is 0 Å². The van der Waals surface area contributed by atoms with Crippen LogP contribution in [0.15, 0.2) is 34.7 Å². The molecule has 2 aromatic rings. The van der Waals surface area contributed by atoms with Gasteiger partial charge in [-0.3, -0.25) is 4.79 Å². The number of hydrogen-bond donors (Lipinski definition) is 1. The van der Waals surface area contributed by atoms with Gasteiger partial charge in [0.2, 0.25) is 5.91 Å². The Kier molecular flexibility index (Phi) is 6.89. The van der Waals surface area contributed by atoms with Crippen molar-refractivity contribution in [1.29, 1.82) is 0 Å². The Morgan fingerprint density at radius 2 is 2.22 bits per heavy atom. The van der Waals surface area contributed by atoms with E-state index in [0.29, 0.717) is 35.2 Å². The summed E-state index contributed by atoms with van der Waals surface area (Å²) >= 11 is 13.4. The van der Waals surface area contributed by atoms with Gasteiger partial charge in [-0.2, -0.15) is 5.10 Å². The van der Waals surface area contributed by atoms with Crippen molar-refractivity contribution in [3.63, 3.8) is 0 Å². The highest BCUT2D eigenvalue weighted by Gasteiger charge is 2.04. The van der Waals surface area contributed by atoms with E-state index < -0.39 is 0 Å². The van der Waals surface area contributed by atoms with E-state index in [1.807, 2.05) is 18.4 Å². The number of benzene rings is 1. The number of ether oxygens (including phenoxy) is 1. The van der Waals surface area contributed by atoms with E-state index in [1.165, 1.54) is 0 Å². The molecule has 0 radical (unpaired) electrons. The molecule has 1 N–H and O–H groups in total. The smallest absolute Gasteiger partial charge is 0.240 e. The first kappa shape index (κ1) is 17.8. The molecular formula is C16H16Cl2N2O2S. The van der Waals surface area contributed by atoms with E-state index in [4.69, 9.17) is 27.9 Å². The SMILES string of the molecule is Cc1ccsc1C=NNC(=O)CCCOc1ccc(Cl)cc1Cl. The van der Waals surface area contributed by atoms with Gasteiger partial charge in [0.25, 0.3) is 0 Å². The summed E-state index contributed by atoms with van der Waals surface area (Å²) in [6.07, 6.45) is 2.55. The molecule has 0 bridgehead atoms. The zero-order valence-electron chi connectivity index (χ0n) is 12.5. The number of nitrogens with one attached hydrogen (secondary N) is 1. The Labute approximate surface area is 149 Å². The molecule has 23 heavy (non-hydrogen) atoms. The molecule has 1 aromatic carbocycles. The van der Waals surface area contributed by atoms with Crippen LogP contribution in [-0.4, -0.2) is 18.7 Å². The van der Waals surface area contributed by atoms with Gasteiger partial charge in [0.05, 0.1) is 17.8 Å². The van der Waals surface area contributed by atoms with Gasteiger partial charge in [0.1, 0.15) is 5.75 Å². The molecule has 0 saturated carbocycles. The van der Waals surface area contributed by atoms with E-state index in [0.717, 1.165) is 10.4 Å². The van der Waals surface area contributed by atoms with Crippen molar-refractivity contribution < 1.29 is 9.53 Å². The monoisotopic (exact) mass is 370 g/mol. The number of hydrogen-bond acceptors (Lipinski definition) is 4. The van der Waals surface area contributed by atoms with Crippen molar-refractivity contribution in [2.45, 2.75) is 19.8 Å². The Morgan fingerprint density at radius 3 is 2.91 bits per heavy atom. The number of thiophene rings is 1. The summed E-state index contributed by atoms with van der Waals surface area (Å²) in [5.41, 5.74) is 3.64. The number of rotatable bonds is 7. The standard InChI is InChI=1S/C16H16Cl2N2O2S/c1-11-6-8-23-15(11)10-19-20-16(21)3-2-7-22-14-5-4-12(17)9-13(14)18/h4-6,8-10H,2-3,7H2,1H3,(H,20,21). The third-order valence-electron chi connectivity index (χ3n) is 2.97. The third-order valence-corrected chi connectivity index (χ3v) is 4.46. The first-order valence-electron chi connectivity index (χ1n) is 7.00. The van der Waals surface area contributed by atoms with Crippen LogP contribution in [-0.2, 0) is 4.79 Å². The molecular weight excluding hydrogens is 355 g/mol. The lowest BCUT2D eigenvalue weighted by atomic mass is 10.3. The van der Waals surface area contributed by atoms with E-state index in [9.17, 15) is 4.79 Å². The van der Waals surface area contributed by atoms with Gasteiger partial charge in [0, 0.05) is 16.3 Å². The highest BCUT2D eigenvalue weighted by molar-refractivity contribution is 7.11. The van der Waals surface area contributed by atoms with Gasteiger partial charge in [0.15, 0.2) is 0 Å². The average molecular weight is 371 g/mol. The molecule has 1 heterocycles. The van der Waals surface area contributed by atoms with E-state index in [2.05, 4.69) is 10.5 Å². The minimum atomic E-state index is -0.152. The number of aryl methyl sites for hydroxylation is 1. The van der Waals surface area contributed by atoms with Gasteiger partial charge in [-0.05, 0) is 48.6 Å². The third kappa shape index (κ3) is 5.86.